The summed E-state index contributed by atoms with van der Waals surface area (Å²) in [6.07, 6.45) is 5.14. The molecule has 0 atom stereocenters. The van der Waals surface area contributed by atoms with Crippen LogP contribution in [0.1, 0.15) is 0 Å². The van der Waals surface area contributed by atoms with Crippen LogP contribution in [0.15, 0.2) is 30.3 Å². The Balaban J connectivity index is 1.70. The van der Waals surface area contributed by atoms with Crippen LogP contribution in [0.3, 0.4) is 0 Å². The lowest BCUT2D eigenvalue weighted by molar-refractivity contribution is 0.124. The van der Waals surface area contributed by atoms with Crippen LogP contribution in [0, 0.1) is 12.3 Å². The van der Waals surface area contributed by atoms with E-state index in [1.54, 1.807) is 0 Å². The van der Waals surface area contributed by atoms with Crippen LogP contribution in [-0.4, -0.2) is 50.8 Å². The summed E-state index contributed by atoms with van der Waals surface area (Å²) >= 11 is 0. The fourth-order valence-corrected chi connectivity index (χ4v) is 2.19. The second-order valence-corrected chi connectivity index (χ2v) is 4.42. The van der Waals surface area contributed by atoms with Gasteiger partial charge in [0.25, 0.3) is 0 Å². The van der Waals surface area contributed by atoms with Crippen molar-refractivity contribution in [2.45, 2.75) is 0 Å². The van der Waals surface area contributed by atoms with Gasteiger partial charge >= 0.3 is 0 Å². The van der Waals surface area contributed by atoms with E-state index in [-0.39, 0.29) is 0 Å². The molecule has 96 valence electrons. The van der Waals surface area contributed by atoms with E-state index in [1.165, 1.54) is 5.69 Å². The summed E-state index contributed by atoms with van der Waals surface area (Å²) < 4.78 is 5.31. The quantitative estimate of drug-likeness (QED) is 0.576. The van der Waals surface area contributed by atoms with Crippen molar-refractivity contribution in [1.82, 2.24) is 4.90 Å². The lowest BCUT2D eigenvalue weighted by Gasteiger charge is -2.36. The maximum atomic E-state index is 5.31. The zero-order valence-electron chi connectivity index (χ0n) is 10.7. The second-order valence-electron chi connectivity index (χ2n) is 4.42. The number of para-hydroxylation sites is 1. The van der Waals surface area contributed by atoms with Gasteiger partial charge in [-0.1, -0.05) is 24.1 Å². The molecule has 0 N–H and O–H groups in total. The Morgan fingerprint density at radius 2 is 1.83 bits per heavy atom. The Bertz CT molecular complexity index is 377. The number of terminal acetylenes is 1. The van der Waals surface area contributed by atoms with Crippen molar-refractivity contribution in [3.63, 3.8) is 0 Å². The molecular formula is C15H20N2O. The van der Waals surface area contributed by atoms with Gasteiger partial charge in [0.15, 0.2) is 0 Å². The van der Waals surface area contributed by atoms with Crippen LogP contribution in [0.5, 0.6) is 0 Å². The van der Waals surface area contributed by atoms with Gasteiger partial charge in [-0.2, -0.15) is 0 Å². The molecule has 0 unspecified atom stereocenters. The number of ether oxygens (including phenoxy) is 1. The molecule has 1 aromatic rings. The topological polar surface area (TPSA) is 15.7 Å². The van der Waals surface area contributed by atoms with Crippen molar-refractivity contribution in [2.24, 2.45) is 0 Å². The molecule has 0 spiro atoms. The maximum absolute atomic E-state index is 5.31. The third kappa shape index (κ3) is 3.76. The Labute approximate surface area is 109 Å². The van der Waals surface area contributed by atoms with Crippen molar-refractivity contribution in [2.75, 3.05) is 50.8 Å². The molecule has 0 aromatic heterocycles. The van der Waals surface area contributed by atoms with Gasteiger partial charge < -0.3 is 9.64 Å². The third-order valence-electron chi connectivity index (χ3n) is 3.23. The van der Waals surface area contributed by atoms with E-state index in [2.05, 4.69) is 46.1 Å². The van der Waals surface area contributed by atoms with E-state index in [9.17, 15) is 0 Å². The molecule has 1 heterocycles. The summed E-state index contributed by atoms with van der Waals surface area (Å²) in [5.41, 5.74) is 1.32. The molecule has 0 bridgehead atoms. The average molecular weight is 244 g/mol. The molecule has 0 saturated carbocycles. The summed E-state index contributed by atoms with van der Waals surface area (Å²) in [5, 5.41) is 0. The van der Waals surface area contributed by atoms with Gasteiger partial charge in [-0.15, -0.1) is 6.42 Å². The molecule has 2 rings (SSSR count). The first-order valence-corrected chi connectivity index (χ1v) is 6.44. The average Bonchev–Trinajstić information content (AvgIpc) is 2.45. The van der Waals surface area contributed by atoms with Gasteiger partial charge in [0.05, 0.1) is 6.61 Å². The lowest BCUT2D eigenvalue weighted by Crippen LogP contribution is -2.47. The molecule has 3 nitrogen and oxygen atoms in total. The van der Waals surface area contributed by atoms with E-state index >= 15 is 0 Å². The minimum absolute atomic E-state index is 0.421. The first kappa shape index (κ1) is 12.9. The predicted octanol–water partition coefficient (Wildman–Crippen LogP) is 1.46. The minimum atomic E-state index is 0.421. The smallest absolute Gasteiger partial charge is 0.107 e. The monoisotopic (exact) mass is 244 g/mol. The number of benzene rings is 1. The standard InChI is InChI=1S/C15H20N2O/c1-2-13-18-14-12-16-8-10-17(11-9-16)15-6-4-3-5-7-15/h1,3-7H,8-14H2. The number of anilines is 1. The van der Waals surface area contributed by atoms with Crippen LogP contribution in [0.25, 0.3) is 0 Å². The molecule has 1 fully saturated rings. The van der Waals surface area contributed by atoms with Crippen LogP contribution >= 0.6 is 0 Å². The highest BCUT2D eigenvalue weighted by molar-refractivity contribution is 5.46. The number of hydrogen-bond donors (Lipinski definition) is 0. The molecule has 18 heavy (non-hydrogen) atoms. The molecule has 1 aliphatic heterocycles. The summed E-state index contributed by atoms with van der Waals surface area (Å²) in [6, 6.07) is 10.6. The second kappa shape index (κ2) is 7.05. The van der Waals surface area contributed by atoms with Crippen LogP contribution in [-0.2, 0) is 4.74 Å². The fourth-order valence-electron chi connectivity index (χ4n) is 2.19. The Morgan fingerprint density at radius 1 is 1.11 bits per heavy atom. The van der Waals surface area contributed by atoms with E-state index < -0.39 is 0 Å². The number of piperazine rings is 1. The van der Waals surface area contributed by atoms with Crippen molar-refractivity contribution < 1.29 is 4.74 Å². The molecule has 1 saturated heterocycles. The van der Waals surface area contributed by atoms with E-state index in [0.29, 0.717) is 6.61 Å². The molecule has 1 aromatic carbocycles. The Kier molecular flexibility index (Phi) is 5.07. The van der Waals surface area contributed by atoms with Gasteiger partial charge in [0, 0.05) is 38.4 Å². The lowest BCUT2D eigenvalue weighted by atomic mass is 10.2. The molecule has 3 heteroatoms. The van der Waals surface area contributed by atoms with Crippen LogP contribution in [0.2, 0.25) is 0 Å². The minimum Gasteiger partial charge on any atom is -0.369 e. The van der Waals surface area contributed by atoms with Gasteiger partial charge in [-0.3, -0.25) is 4.90 Å². The Morgan fingerprint density at radius 3 is 2.50 bits per heavy atom. The summed E-state index contributed by atoms with van der Waals surface area (Å²) in [4.78, 5) is 4.86. The molecular weight excluding hydrogens is 224 g/mol. The molecule has 1 aliphatic rings. The maximum Gasteiger partial charge on any atom is 0.107 e. The highest BCUT2D eigenvalue weighted by Crippen LogP contribution is 2.15. The van der Waals surface area contributed by atoms with E-state index in [1.807, 2.05) is 0 Å². The van der Waals surface area contributed by atoms with Crippen molar-refractivity contribution in [3.05, 3.63) is 30.3 Å². The summed E-state index contributed by atoms with van der Waals surface area (Å²) in [7, 11) is 0. The van der Waals surface area contributed by atoms with Gasteiger partial charge in [-0.25, -0.2) is 0 Å². The largest absolute Gasteiger partial charge is 0.369 e. The number of rotatable bonds is 5. The predicted molar refractivity (Wildman–Crippen MR) is 74.7 cm³/mol. The van der Waals surface area contributed by atoms with Crippen molar-refractivity contribution in [1.29, 1.82) is 0 Å². The molecule has 0 aliphatic carbocycles. The molecule has 0 amide bonds. The van der Waals surface area contributed by atoms with Gasteiger partial charge in [0.1, 0.15) is 6.61 Å². The first-order valence-electron chi connectivity index (χ1n) is 6.44. The SMILES string of the molecule is C#CCOCCN1CCN(c2ccccc2)CC1. The highest BCUT2D eigenvalue weighted by Gasteiger charge is 2.16. The van der Waals surface area contributed by atoms with E-state index in [4.69, 9.17) is 11.2 Å². The fraction of sp³-hybridized carbons (Fsp3) is 0.467. The zero-order valence-corrected chi connectivity index (χ0v) is 10.7. The zero-order chi connectivity index (χ0) is 12.6. The Hall–Kier alpha value is -1.50. The molecule has 0 radical (unpaired) electrons. The third-order valence-corrected chi connectivity index (χ3v) is 3.23. The summed E-state index contributed by atoms with van der Waals surface area (Å²) in [6.45, 7) is 6.48. The normalized spacial score (nSPS) is 16.5. The first-order chi connectivity index (χ1) is 8.90. The number of hydrogen-bond acceptors (Lipinski definition) is 3. The number of nitrogens with zero attached hydrogens (tertiary/aromatic N) is 2. The summed E-state index contributed by atoms with van der Waals surface area (Å²) in [5.74, 6) is 2.49. The van der Waals surface area contributed by atoms with Crippen molar-refractivity contribution >= 4 is 5.69 Å². The van der Waals surface area contributed by atoms with Crippen molar-refractivity contribution in [3.8, 4) is 12.3 Å². The van der Waals surface area contributed by atoms with Crippen LogP contribution in [0.4, 0.5) is 5.69 Å². The van der Waals surface area contributed by atoms with Crippen LogP contribution < -0.4 is 4.90 Å². The van der Waals surface area contributed by atoms with Gasteiger partial charge in [0.2, 0.25) is 0 Å². The van der Waals surface area contributed by atoms with Gasteiger partial charge in [-0.05, 0) is 12.1 Å². The highest BCUT2D eigenvalue weighted by atomic mass is 16.5. The van der Waals surface area contributed by atoms with E-state index in [0.717, 1.165) is 39.3 Å².